The molecule has 1 fully saturated rings. The molecule has 0 radical (unpaired) electrons. The Morgan fingerprint density at radius 2 is 2.50 bits per heavy atom. The maximum atomic E-state index is 5.93. The summed E-state index contributed by atoms with van der Waals surface area (Å²) in [6, 6.07) is 0.333. The number of hydrogen-bond donors (Lipinski definition) is 1. The molecule has 1 aliphatic carbocycles. The Hall–Kier alpha value is -0.410. The van der Waals surface area contributed by atoms with Gasteiger partial charge in [-0.05, 0) is 31.6 Å². The van der Waals surface area contributed by atoms with E-state index in [1.54, 1.807) is 11.3 Å². The van der Waals surface area contributed by atoms with Gasteiger partial charge in [0.05, 0.1) is 5.51 Å². The average Bonchev–Trinajstić information content (AvgIpc) is 2.60. The predicted molar refractivity (Wildman–Crippen MR) is 51.1 cm³/mol. The highest BCUT2D eigenvalue weighted by molar-refractivity contribution is 7.09. The molecule has 1 atom stereocenters. The minimum absolute atomic E-state index is 0.333. The first kappa shape index (κ1) is 8.20. The van der Waals surface area contributed by atoms with Crippen molar-refractivity contribution in [3.05, 3.63) is 16.6 Å². The lowest BCUT2D eigenvalue weighted by Crippen LogP contribution is -2.29. The molecule has 3 heteroatoms. The van der Waals surface area contributed by atoms with Crippen LogP contribution in [0.15, 0.2) is 11.7 Å². The lowest BCUT2D eigenvalue weighted by atomic mass is 9.94. The number of rotatable bonds is 3. The van der Waals surface area contributed by atoms with Gasteiger partial charge >= 0.3 is 0 Å². The van der Waals surface area contributed by atoms with Gasteiger partial charge in [-0.1, -0.05) is 0 Å². The molecule has 0 amide bonds. The van der Waals surface area contributed by atoms with Crippen LogP contribution in [0.3, 0.4) is 0 Å². The van der Waals surface area contributed by atoms with Crippen molar-refractivity contribution in [2.45, 2.75) is 32.2 Å². The molecule has 12 heavy (non-hydrogen) atoms. The summed E-state index contributed by atoms with van der Waals surface area (Å²) in [6.07, 6.45) is 5.69. The molecular weight excluding hydrogens is 168 g/mol. The summed E-state index contributed by atoms with van der Waals surface area (Å²) in [5, 5.41) is 0. The van der Waals surface area contributed by atoms with Crippen LogP contribution in [0.2, 0.25) is 0 Å². The summed E-state index contributed by atoms with van der Waals surface area (Å²) in [7, 11) is 0. The van der Waals surface area contributed by atoms with E-state index >= 15 is 0 Å². The summed E-state index contributed by atoms with van der Waals surface area (Å²) in [4.78, 5) is 5.45. The van der Waals surface area contributed by atoms with Gasteiger partial charge < -0.3 is 5.73 Å². The van der Waals surface area contributed by atoms with E-state index in [-0.39, 0.29) is 0 Å². The molecule has 66 valence electrons. The molecule has 2 nitrogen and oxygen atoms in total. The molecule has 1 unspecified atom stereocenters. The smallest absolute Gasteiger partial charge is 0.0794 e. The average molecular weight is 182 g/mol. The Kier molecular flexibility index (Phi) is 1.93. The molecule has 0 saturated heterocycles. The van der Waals surface area contributed by atoms with Crippen molar-refractivity contribution in [1.29, 1.82) is 0 Å². The Labute approximate surface area is 76.8 Å². The van der Waals surface area contributed by atoms with Gasteiger partial charge in [-0.25, -0.2) is 0 Å². The fourth-order valence-electron chi connectivity index (χ4n) is 1.63. The minimum atomic E-state index is 0.333. The maximum Gasteiger partial charge on any atom is 0.0794 e. The van der Waals surface area contributed by atoms with Crippen LogP contribution in [-0.2, 0) is 6.42 Å². The predicted octanol–water partition coefficient (Wildman–Crippen LogP) is 1.81. The first-order valence-corrected chi connectivity index (χ1v) is 5.24. The fraction of sp³-hybridized carbons (Fsp3) is 0.667. The highest BCUT2D eigenvalue weighted by Gasteiger charge is 2.45. The molecule has 0 bridgehead atoms. The number of aromatic nitrogens is 1. The number of nitrogens with two attached hydrogens (primary N) is 1. The van der Waals surface area contributed by atoms with Gasteiger partial charge in [0.2, 0.25) is 0 Å². The van der Waals surface area contributed by atoms with Gasteiger partial charge in [0.1, 0.15) is 0 Å². The van der Waals surface area contributed by atoms with Crippen LogP contribution in [-0.4, -0.2) is 11.0 Å². The van der Waals surface area contributed by atoms with Crippen LogP contribution >= 0.6 is 11.3 Å². The van der Waals surface area contributed by atoms with Crippen molar-refractivity contribution >= 4 is 11.3 Å². The number of thiazole rings is 1. The van der Waals surface area contributed by atoms with Gasteiger partial charge in [0.15, 0.2) is 0 Å². The Bertz CT molecular complexity index is 250. The van der Waals surface area contributed by atoms with Crippen molar-refractivity contribution in [3.8, 4) is 0 Å². The standard InChI is InChI=1S/C9H14N2S/c1-7(10)9(2-3-9)4-8-5-11-6-12-8/h5-7H,2-4,10H2,1H3. The van der Waals surface area contributed by atoms with Crippen LogP contribution < -0.4 is 5.73 Å². The Morgan fingerprint density at radius 3 is 2.92 bits per heavy atom. The Balaban J connectivity index is 2.04. The van der Waals surface area contributed by atoms with E-state index in [1.165, 1.54) is 17.7 Å². The molecule has 2 rings (SSSR count). The van der Waals surface area contributed by atoms with Gasteiger partial charge in [-0.15, -0.1) is 11.3 Å². The molecule has 0 aliphatic heterocycles. The third kappa shape index (κ3) is 1.39. The van der Waals surface area contributed by atoms with Crippen LogP contribution in [0.4, 0.5) is 0 Å². The van der Waals surface area contributed by atoms with Gasteiger partial charge in [0, 0.05) is 17.1 Å². The lowest BCUT2D eigenvalue weighted by molar-refractivity contribution is 0.421. The maximum absolute atomic E-state index is 5.93. The zero-order valence-corrected chi connectivity index (χ0v) is 8.10. The van der Waals surface area contributed by atoms with E-state index < -0.39 is 0 Å². The molecule has 1 aliphatic rings. The van der Waals surface area contributed by atoms with E-state index in [0.29, 0.717) is 11.5 Å². The van der Waals surface area contributed by atoms with Crippen LogP contribution in [0.1, 0.15) is 24.6 Å². The minimum Gasteiger partial charge on any atom is -0.327 e. The molecular formula is C9H14N2S. The molecule has 1 saturated carbocycles. The third-order valence-corrected chi connectivity index (χ3v) is 3.65. The monoisotopic (exact) mass is 182 g/mol. The number of nitrogens with zero attached hydrogens (tertiary/aromatic N) is 1. The van der Waals surface area contributed by atoms with Crippen molar-refractivity contribution in [2.24, 2.45) is 11.1 Å². The lowest BCUT2D eigenvalue weighted by Gasteiger charge is -2.17. The summed E-state index contributed by atoms with van der Waals surface area (Å²) in [5.41, 5.74) is 8.25. The zero-order valence-electron chi connectivity index (χ0n) is 7.29. The van der Waals surface area contributed by atoms with Crippen LogP contribution in [0.25, 0.3) is 0 Å². The molecule has 1 aromatic rings. The normalized spacial score (nSPS) is 22.2. The summed E-state index contributed by atoms with van der Waals surface area (Å²) in [6.45, 7) is 2.12. The molecule has 2 N–H and O–H groups in total. The second-order valence-corrected chi connectivity index (χ2v) is 4.77. The number of hydrogen-bond acceptors (Lipinski definition) is 3. The quantitative estimate of drug-likeness (QED) is 0.774. The van der Waals surface area contributed by atoms with Crippen molar-refractivity contribution in [3.63, 3.8) is 0 Å². The Morgan fingerprint density at radius 1 is 1.75 bits per heavy atom. The molecule has 1 aromatic heterocycles. The topological polar surface area (TPSA) is 38.9 Å². The van der Waals surface area contributed by atoms with Gasteiger partial charge in [-0.3, -0.25) is 4.98 Å². The van der Waals surface area contributed by atoms with E-state index in [2.05, 4.69) is 11.9 Å². The summed E-state index contributed by atoms with van der Waals surface area (Å²) >= 11 is 1.74. The first-order chi connectivity index (χ1) is 5.73. The van der Waals surface area contributed by atoms with Crippen molar-refractivity contribution in [1.82, 2.24) is 4.98 Å². The first-order valence-electron chi connectivity index (χ1n) is 4.36. The highest BCUT2D eigenvalue weighted by Crippen LogP contribution is 2.50. The molecule has 0 spiro atoms. The van der Waals surface area contributed by atoms with E-state index in [9.17, 15) is 0 Å². The van der Waals surface area contributed by atoms with Gasteiger partial charge in [-0.2, -0.15) is 0 Å². The largest absolute Gasteiger partial charge is 0.327 e. The summed E-state index contributed by atoms with van der Waals surface area (Å²) in [5.74, 6) is 0. The second-order valence-electron chi connectivity index (χ2n) is 3.80. The fourth-order valence-corrected chi connectivity index (χ4v) is 2.38. The third-order valence-electron chi connectivity index (χ3n) is 2.87. The molecule has 1 heterocycles. The van der Waals surface area contributed by atoms with E-state index in [0.717, 1.165) is 6.42 Å². The second kappa shape index (κ2) is 2.82. The van der Waals surface area contributed by atoms with Crippen molar-refractivity contribution in [2.75, 3.05) is 0 Å². The van der Waals surface area contributed by atoms with Crippen LogP contribution in [0, 0.1) is 5.41 Å². The summed E-state index contributed by atoms with van der Waals surface area (Å²) < 4.78 is 0. The molecule has 0 aromatic carbocycles. The van der Waals surface area contributed by atoms with E-state index in [1.807, 2.05) is 11.7 Å². The highest BCUT2D eigenvalue weighted by atomic mass is 32.1. The van der Waals surface area contributed by atoms with Gasteiger partial charge in [0.25, 0.3) is 0 Å². The van der Waals surface area contributed by atoms with Crippen molar-refractivity contribution < 1.29 is 0 Å². The zero-order chi connectivity index (χ0) is 8.60. The van der Waals surface area contributed by atoms with Crippen LogP contribution in [0.5, 0.6) is 0 Å². The SMILES string of the molecule is CC(N)C1(Cc2cncs2)CC1. The van der Waals surface area contributed by atoms with E-state index in [4.69, 9.17) is 5.73 Å².